The van der Waals surface area contributed by atoms with E-state index < -0.39 is 35.6 Å². The number of aliphatic carboxylic acids is 1. The summed E-state index contributed by atoms with van der Waals surface area (Å²) in [5.74, 6) is -3.27. The molecular formula is C34H25N3O7. The number of benzene rings is 3. The predicted octanol–water partition coefficient (Wildman–Crippen LogP) is 4.86. The van der Waals surface area contributed by atoms with Crippen LogP contribution in [0.2, 0.25) is 0 Å². The van der Waals surface area contributed by atoms with Crippen LogP contribution in [0.15, 0.2) is 109 Å². The number of carbonyl (C=O) groups excluding carboxylic acids is 3. The van der Waals surface area contributed by atoms with Crippen molar-refractivity contribution in [2.45, 2.75) is 6.61 Å². The van der Waals surface area contributed by atoms with Crippen LogP contribution < -0.4 is 9.64 Å². The molecule has 1 fully saturated rings. The first kappa shape index (κ1) is 28.2. The van der Waals surface area contributed by atoms with Gasteiger partial charge in [-0.1, -0.05) is 72.8 Å². The normalized spacial score (nSPS) is 17.2. The van der Waals surface area contributed by atoms with Crippen molar-refractivity contribution in [1.29, 1.82) is 0 Å². The lowest BCUT2D eigenvalue weighted by Gasteiger charge is -2.15. The number of methoxy groups -OCH3 is 1. The second-order valence-corrected chi connectivity index (χ2v) is 10.2. The van der Waals surface area contributed by atoms with E-state index in [0.717, 1.165) is 16.0 Å². The van der Waals surface area contributed by atoms with Gasteiger partial charge in [-0.05, 0) is 29.8 Å². The highest BCUT2D eigenvalue weighted by Gasteiger charge is 2.47. The van der Waals surface area contributed by atoms with E-state index in [4.69, 9.17) is 14.5 Å². The summed E-state index contributed by atoms with van der Waals surface area (Å²) in [7, 11) is 1.33. The van der Waals surface area contributed by atoms with Gasteiger partial charge in [0.1, 0.15) is 6.61 Å². The molecular weight excluding hydrogens is 562 g/mol. The molecule has 3 aromatic carbocycles. The topological polar surface area (TPSA) is 136 Å². The first-order valence-corrected chi connectivity index (χ1v) is 13.7. The summed E-state index contributed by atoms with van der Waals surface area (Å²) >= 11 is 0. The van der Waals surface area contributed by atoms with Crippen molar-refractivity contribution < 1.29 is 33.8 Å². The minimum atomic E-state index is -1.15. The lowest BCUT2D eigenvalue weighted by molar-refractivity contribution is -0.132. The molecule has 1 saturated heterocycles. The van der Waals surface area contributed by atoms with Crippen molar-refractivity contribution in [3.8, 4) is 28.5 Å². The molecule has 1 aliphatic heterocycles. The number of aromatic nitrogens is 2. The van der Waals surface area contributed by atoms with Crippen molar-refractivity contribution in [2.24, 2.45) is 11.8 Å². The number of fused-ring (bicyclic) bond motifs is 1. The quantitative estimate of drug-likeness (QED) is 0.226. The number of hydrogen-bond acceptors (Lipinski definition) is 8. The number of hydrogen-bond donors (Lipinski definition) is 1. The average molecular weight is 588 g/mol. The van der Waals surface area contributed by atoms with Gasteiger partial charge in [-0.15, -0.1) is 0 Å². The second-order valence-electron chi connectivity index (χ2n) is 10.2. The molecule has 2 heterocycles. The number of amides is 2. The second kappa shape index (κ2) is 11.8. The van der Waals surface area contributed by atoms with Crippen LogP contribution in [0.25, 0.3) is 22.6 Å². The number of imide groups is 1. The maximum absolute atomic E-state index is 13.1. The maximum Gasteiger partial charge on any atom is 0.337 e. The Balaban J connectivity index is 1.27. The molecule has 218 valence electrons. The summed E-state index contributed by atoms with van der Waals surface area (Å²) in [6, 6.07) is 24.8. The van der Waals surface area contributed by atoms with Gasteiger partial charge in [-0.3, -0.25) is 9.59 Å². The Hall–Kier alpha value is -5.90. The molecule has 6 rings (SSSR count). The van der Waals surface area contributed by atoms with Crippen molar-refractivity contribution in [2.75, 3.05) is 12.0 Å². The lowest BCUT2D eigenvalue weighted by Crippen LogP contribution is -2.30. The SMILES string of the molecule is COC(=O)c1ccc(COc2cc(-c3ccc(N4C(=O)C5C=CC(C(=O)O)=CC5C4=O)cc3)nc(-c3ccccc3)n2)cc1. The number of rotatable bonds is 8. The molecule has 0 bridgehead atoms. The Labute approximate surface area is 251 Å². The lowest BCUT2D eigenvalue weighted by atomic mass is 9.88. The molecule has 2 unspecified atom stereocenters. The zero-order valence-electron chi connectivity index (χ0n) is 23.4. The average Bonchev–Trinajstić information content (AvgIpc) is 3.32. The molecule has 2 atom stereocenters. The molecule has 0 saturated carbocycles. The molecule has 1 N–H and O–H groups in total. The van der Waals surface area contributed by atoms with E-state index in [2.05, 4.69) is 4.98 Å². The van der Waals surface area contributed by atoms with Crippen LogP contribution in [0, 0.1) is 11.8 Å². The number of anilines is 1. The van der Waals surface area contributed by atoms with Gasteiger partial charge in [0.15, 0.2) is 5.82 Å². The highest BCUT2D eigenvalue weighted by Crippen LogP contribution is 2.37. The van der Waals surface area contributed by atoms with Crippen molar-refractivity contribution >= 4 is 29.4 Å². The van der Waals surface area contributed by atoms with Crippen molar-refractivity contribution in [1.82, 2.24) is 9.97 Å². The standard InChI is InChI=1S/C34H25N3O7/c1-43-34(42)23-9-7-20(8-10-23)19-44-29-18-28(35-30(36-29)22-5-3-2-4-6-22)21-11-14-25(15-12-21)37-31(38)26-16-13-24(33(40)41)17-27(26)32(37)39/h2-18,26-27H,19H2,1H3,(H,40,41). The van der Waals surface area contributed by atoms with Gasteiger partial charge in [-0.2, -0.15) is 4.98 Å². The molecule has 2 amide bonds. The van der Waals surface area contributed by atoms with E-state index in [1.807, 2.05) is 30.3 Å². The van der Waals surface area contributed by atoms with Crippen LogP contribution in [0.3, 0.4) is 0 Å². The fraction of sp³-hybridized carbons (Fsp3) is 0.118. The predicted molar refractivity (Wildman–Crippen MR) is 159 cm³/mol. The number of esters is 1. The fourth-order valence-electron chi connectivity index (χ4n) is 5.10. The van der Waals surface area contributed by atoms with Gasteiger partial charge in [0.25, 0.3) is 0 Å². The summed E-state index contributed by atoms with van der Waals surface area (Å²) in [6.45, 7) is 0.194. The number of ether oxygens (including phenoxy) is 2. The van der Waals surface area contributed by atoms with E-state index in [-0.39, 0.29) is 12.2 Å². The molecule has 10 heteroatoms. The highest BCUT2D eigenvalue weighted by atomic mass is 16.5. The Bertz CT molecular complexity index is 1830. The smallest absolute Gasteiger partial charge is 0.337 e. The third kappa shape index (κ3) is 5.48. The van der Waals surface area contributed by atoms with Crippen LogP contribution in [-0.2, 0) is 25.7 Å². The van der Waals surface area contributed by atoms with Gasteiger partial charge < -0.3 is 14.6 Å². The van der Waals surface area contributed by atoms with E-state index in [9.17, 15) is 24.3 Å². The maximum atomic E-state index is 13.1. The minimum absolute atomic E-state index is 0.0150. The zero-order valence-corrected chi connectivity index (χ0v) is 23.4. The van der Waals surface area contributed by atoms with Crippen molar-refractivity contribution in [3.05, 3.63) is 120 Å². The summed E-state index contributed by atoms with van der Waals surface area (Å²) in [5, 5.41) is 9.31. The Kier molecular flexibility index (Phi) is 7.55. The summed E-state index contributed by atoms with van der Waals surface area (Å²) in [5.41, 5.74) is 3.67. The van der Waals surface area contributed by atoms with Crippen LogP contribution in [0.1, 0.15) is 15.9 Å². The molecule has 44 heavy (non-hydrogen) atoms. The largest absolute Gasteiger partial charge is 0.478 e. The molecule has 4 aromatic rings. The molecule has 2 aliphatic rings. The van der Waals surface area contributed by atoms with Crippen LogP contribution in [0.5, 0.6) is 5.88 Å². The Morgan fingerprint density at radius 2 is 1.57 bits per heavy atom. The third-order valence-corrected chi connectivity index (χ3v) is 7.40. The molecule has 1 aliphatic carbocycles. The molecule has 10 nitrogen and oxygen atoms in total. The van der Waals surface area contributed by atoms with Crippen LogP contribution >= 0.6 is 0 Å². The number of nitrogens with zero attached hydrogens (tertiary/aromatic N) is 3. The minimum Gasteiger partial charge on any atom is -0.478 e. The Morgan fingerprint density at radius 3 is 2.25 bits per heavy atom. The van der Waals surface area contributed by atoms with Gasteiger partial charge in [-0.25, -0.2) is 19.5 Å². The van der Waals surface area contributed by atoms with Gasteiger partial charge in [0.2, 0.25) is 17.7 Å². The van der Waals surface area contributed by atoms with E-state index >= 15 is 0 Å². The van der Waals surface area contributed by atoms with E-state index in [0.29, 0.717) is 34.2 Å². The van der Waals surface area contributed by atoms with Gasteiger partial charge in [0, 0.05) is 17.2 Å². The molecule has 0 spiro atoms. The Morgan fingerprint density at radius 1 is 0.864 bits per heavy atom. The van der Waals surface area contributed by atoms with E-state index in [1.165, 1.54) is 25.3 Å². The fourth-order valence-corrected chi connectivity index (χ4v) is 5.10. The summed E-state index contributed by atoms with van der Waals surface area (Å²) in [6.07, 6.45) is 4.17. The molecule has 0 radical (unpaired) electrons. The van der Waals surface area contributed by atoms with Crippen LogP contribution in [0.4, 0.5) is 5.69 Å². The monoisotopic (exact) mass is 587 g/mol. The summed E-state index contributed by atoms with van der Waals surface area (Å²) < 4.78 is 10.8. The zero-order chi connectivity index (χ0) is 30.8. The number of carboxylic acid groups (broad SMARTS) is 1. The molecule has 1 aromatic heterocycles. The number of carbonyl (C=O) groups is 4. The van der Waals surface area contributed by atoms with Gasteiger partial charge >= 0.3 is 11.9 Å². The van der Waals surface area contributed by atoms with Crippen LogP contribution in [-0.4, -0.2) is 45.9 Å². The van der Waals surface area contributed by atoms with Gasteiger partial charge in [0.05, 0.1) is 41.5 Å². The van der Waals surface area contributed by atoms with Crippen molar-refractivity contribution in [3.63, 3.8) is 0 Å². The first-order valence-electron chi connectivity index (χ1n) is 13.7. The number of carboxylic acids is 1. The third-order valence-electron chi connectivity index (χ3n) is 7.40. The van der Waals surface area contributed by atoms with E-state index in [1.54, 1.807) is 54.6 Å². The summed E-state index contributed by atoms with van der Waals surface area (Å²) in [4.78, 5) is 59.8. The highest BCUT2D eigenvalue weighted by molar-refractivity contribution is 6.23. The first-order chi connectivity index (χ1) is 21.3.